The van der Waals surface area contributed by atoms with Gasteiger partial charge < -0.3 is 20.5 Å². The molecule has 0 spiro atoms. The van der Waals surface area contributed by atoms with Crippen LogP contribution in [0.4, 0.5) is 10.1 Å². The largest absolute Gasteiger partial charge is 0.494 e. The van der Waals surface area contributed by atoms with Gasteiger partial charge in [0.05, 0.1) is 18.4 Å². The number of amidine groups is 1. The zero-order chi connectivity index (χ0) is 23.3. The average Bonchev–Trinajstić information content (AvgIpc) is 2.77. The molecule has 1 aliphatic heterocycles. The molecule has 3 rings (SSSR count). The van der Waals surface area contributed by atoms with Gasteiger partial charge in [-0.3, -0.25) is 9.59 Å². The monoisotopic (exact) mass is 458 g/mol. The van der Waals surface area contributed by atoms with E-state index < -0.39 is 28.9 Å². The Morgan fingerprint density at radius 1 is 1.22 bits per heavy atom. The van der Waals surface area contributed by atoms with E-state index in [4.69, 9.17) is 9.84 Å². The molecule has 2 aromatic rings. The van der Waals surface area contributed by atoms with Crippen molar-refractivity contribution in [2.24, 2.45) is 10.2 Å². The number of carbonyl (C=O) groups is 3. The van der Waals surface area contributed by atoms with Gasteiger partial charge >= 0.3 is 5.97 Å². The highest BCUT2D eigenvalue weighted by atomic mass is 32.2. The lowest BCUT2D eigenvalue weighted by atomic mass is 10.1. The van der Waals surface area contributed by atoms with E-state index in [2.05, 4.69) is 20.8 Å². The minimum Gasteiger partial charge on any atom is -0.494 e. The molecule has 0 saturated carbocycles. The number of ether oxygens (including phenoxy) is 1. The van der Waals surface area contributed by atoms with Gasteiger partial charge in [0.2, 0.25) is 11.8 Å². The van der Waals surface area contributed by atoms with Crippen LogP contribution in [0.2, 0.25) is 0 Å². The molecule has 3 N–H and O–H groups in total. The summed E-state index contributed by atoms with van der Waals surface area (Å²) in [4.78, 5) is 35.5. The summed E-state index contributed by atoms with van der Waals surface area (Å²) >= 11 is 1.03. The Bertz CT molecular complexity index is 1120. The van der Waals surface area contributed by atoms with Crippen molar-refractivity contribution in [2.75, 3.05) is 12.4 Å². The fraction of sp³-hybridized carbons (Fsp3) is 0.190. The van der Waals surface area contributed by atoms with Gasteiger partial charge in [-0.05, 0) is 49.4 Å². The number of halogens is 1. The number of amides is 2. The third kappa shape index (κ3) is 5.70. The lowest BCUT2D eigenvalue weighted by Gasteiger charge is -2.21. The van der Waals surface area contributed by atoms with Crippen LogP contribution in [0.5, 0.6) is 5.75 Å². The molecule has 1 atom stereocenters. The summed E-state index contributed by atoms with van der Waals surface area (Å²) in [7, 11) is 1.37. The van der Waals surface area contributed by atoms with Crippen molar-refractivity contribution in [3.05, 3.63) is 59.4 Å². The minimum absolute atomic E-state index is 0.0604. The van der Waals surface area contributed by atoms with Gasteiger partial charge in [-0.25, -0.2) is 9.18 Å². The highest BCUT2D eigenvalue weighted by Crippen LogP contribution is 2.23. The van der Waals surface area contributed by atoms with Crippen LogP contribution in [0.15, 0.2) is 52.7 Å². The molecule has 0 aromatic heterocycles. The number of carboxylic acids is 1. The van der Waals surface area contributed by atoms with Gasteiger partial charge in [-0.15, -0.1) is 5.10 Å². The van der Waals surface area contributed by atoms with E-state index in [-0.39, 0.29) is 22.9 Å². The lowest BCUT2D eigenvalue weighted by Crippen LogP contribution is -2.41. The highest BCUT2D eigenvalue weighted by molar-refractivity contribution is 8.15. The van der Waals surface area contributed by atoms with Crippen molar-refractivity contribution in [1.82, 2.24) is 5.32 Å². The van der Waals surface area contributed by atoms with Gasteiger partial charge in [-0.2, -0.15) is 5.10 Å². The van der Waals surface area contributed by atoms with Crippen molar-refractivity contribution in [3.63, 3.8) is 0 Å². The summed E-state index contributed by atoms with van der Waals surface area (Å²) in [5.74, 6) is -2.34. The Hall–Kier alpha value is -3.73. The van der Waals surface area contributed by atoms with Crippen LogP contribution in [-0.2, 0) is 9.59 Å². The normalized spacial score (nSPS) is 17.6. The van der Waals surface area contributed by atoms with Crippen molar-refractivity contribution in [3.8, 4) is 5.75 Å². The molecule has 1 heterocycles. The van der Waals surface area contributed by atoms with E-state index in [1.807, 2.05) is 0 Å². The number of rotatable bonds is 6. The molecular formula is C21H19FN4O5S. The Balaban J connectivity index is 1.69. The van der Waals surface area contributed by atoms with Gasteiger partial charge in [0.15, 0.2) is 16.7 Å². The molecule has 2 amide bonds. The third-order valence-corrected chi connectivity index (χ3v) is 5.50. The van der Waals surface area contributed by atoms with E-state index >= 15 is 0 Å². The first-order chi connectivity index (χ1) is 15.3. The fourth-order valence-corrected chi connectivity index (χ4v) is 3.66. The van der Waals surface area contributed by atoms with Crippen molar-refractivity contribution in [2.45, 2.75) is 18.6 Å². The number of nitrogens with zero attached hydrogens (tertiary/aromatic N) is 2. The van der Waals surface area contributed by atoms with E-state index in [1.165, 1.54) is 43.5 Å². The summed E-state index contributed by atoms with van der Waals surface area (Å²) in [5, 5.41) is 21.5. The number of hydrogen-bond acceptors (Lipinski definition) is 7. The molecule has 1 saturated heterocycles. The first-order valence-corrected chi connectivity index (χ1v) is 10.2. The molecule has 11 heteroatoms. The first kappa shape index (κ1) is 22.9. The van der Waals surface area contributed by atoms with E-state index in [9.17, 15) is 18.8 Å². The predicted octanol–water partition coefficient (Wildman–Crippen LogP) is 2.87. The molecule has 0 aliphatic carbocycles. The summed E-state index contributed by atoms with van der Waals surface area (Å²) in [6.45, 7) is 1.63. The number of methoxy groups -OCH3 is 1. The lowest BCUT2D eigenvalue weighted by molar-refractivity contribution is -0.123. The van der Waals surface area contributed by atoms with Gasteiger partial charge in [0.1, 0.15) is 5.25 Å². The molecule has 1 fully saturated rings. The van der Waals surface area contributed by atoms with Crippen molar-refractivity contribution < 1.29 is 28.6 Å². The predicted molar refractivity (Wildman–Crippen MR) is 119 cm³/mol. The molecule has 0 radical (unpaired) electrons. The molecule has 1 aliphatic rings. The second kappa shape index (κ2) is 10.1. The Labute approximate surface area is 186 Å². The quantitative estimate of drug-likeness (QED) is 0.451. The molecule has 0 bridgehead atoms. The smallest absolute Gasteiger partial charge is 0.335 e. The number of carbonyl (C=O) groups excluding carboxylic acids is 2. The topological polar surface area (TPSA) is 129 Å². The van der Waals surface area contributed by atoms with Crippen LogP contribution in [0.3, 0.4) is 0 Å². The minimum atomic E-state index is -1.07. The molecular weight excluding hydrogens is 439 g/mol. The molecule has 2 aromatic carbocycles. The maximum atomic E-state index is 13.9. The summed E-state index contributed by atoms with van der Waals surface area (Å²) < 4.78 is 18.8. The SMILES string of the molecule is COc1ccc(C(C)=N/N=C2\NC(=O)CC(C(=O)Nc3ccc(C(=O)O)cc3)S2)cc1F. The molecule has 1 unspecified atom stereocenters. The van der Waals surface area contributed by atoms with E-state index in [0.717, 1.165) is 11.8 Å². The number of benzene rings is 2. The Kier molecular flexibility index (Phi) is 7.21. The van der Waals surface area contributed by atoms with Crippen molar-refractivity contribution >= 4 is 46.1 Å². The number of aromatic carboxylic acids is 1. The van der Waals surface area contributed by atoms with Gasteiger partial charge in [0.25, 0.3) is 0 Å². The van der Waals surface area contributed by atoms with Crippen LogP contribution >= 0.6 is 11.8 Å². The van der Waals surface area contributed by atoms with E-state index in [0.29, 0.717) is 17.0 Å². The zero-order valence-corrected chi connectivity index (χ0v) is 17.9. The second-order valence-electron chi connectivity index (χ2n) is 6.67. The van der Waals surface area contributed by atoms with Gasteiger partial charge in [0, 0.05) is 17.7 Å². The van der Waals surface area contributed by atoms with Crippen LogP contribution in [0, 0.1) is 5.82 Å². The number of nitrogens with one attached hydrogen (secondary N) is 2. The zero-order valence-electron chi connectivity index (χ0n) is 17.1. The summed E-state index contributed by atoms with van der Waals surface area (Å²) in [6.07, 6.45) is -0.0604. The summed E-state index contributed by atoms with van der Waals surface area (Å²) in [6, 6.07) is 10.0. The Morgan fingerprint density at radius 3 is 2.53 bits per heavy atom. The first-order valence-electron chi connectivity index (χ1n) is 9.33. The summed E-state index contributed by atoms with van der Waals surface area (Å²) in [5.41, 5.74) is 1.38. The van der Waals surface area contributed by atoms with Crippen LogP contribution in [0.25, 0.3) is 0 Å². The fourth-order valence-electron chi connectivity index (χ4n) is 2.73. The molecule has 9 nitrogen and oxygen atoms in total. The van der Waals surface area contributed by atoms with Gasteiger partial charge in [-0.1, -0.05) is 11.8 Å². The van der Waals surface area contributed by atoms with Crippen LogP contribution in [-0.4, -0.2) is 46.1 Å². The Morgan fingerprint density at radius 2 is 1.91 bits per heavy atom. The third-order valence-electron chi connectivity index (χ3n) is 4.42. The van der Waals surface area contributed by atoms with Crippen molar-refractivity contribution in [1.29, 1.82) is 0 Å². The maximum Gasteiger partial charge on any atom is 0.335 e. The number of hydrogen-bond donors (Lipinski definition) is 3. The number of carboxylic acid groups (broad SMARTS) is 1. The standard InChI is InChI=1S/C21H19FN4O5S/c1-11(13-5-8-16(31-2)15(22)9-13)25-26-21-24-18(27)10-17(32-21)19(28)23-14-6-3-12(4-7-14)20(29)30/h3-9,17H,10H2,1-2H3,(H,23,28)(H,29,30)(H,24,26,27). The average molecular weight is 458 g/mol. The number of anilines is 1. The number of thioether (sulfide) groups is 1. The van der Waals surface area contributed by atoms with Crippen LogP contribution < -0.4 is 15.4 Å². The van der Waals surface area contributed by atoms with E-state index in [1.54, 1.807) is 13.0 Å². The van der Waals surface area contributed by atoms with Crippen LogP contribution in [0.1, 0.15) is 29.3 Å². The highest BCUT2D eigenvalue weighted by Gasteiger charge is 2.30. The molecule has 166 valence electrons. The maximum absolute atomic E-state index is 13.9. The molecule has 32 heavy (non-hydrogen) atoms. The second-order valence-corrected chi connectivity index (χ2v) is 7.86.